The number of ether oxygens (including phenoxy) is 2. The van der Waals surface area contributed by atoms with Crippen LogP contribution in [0.25, 0.3) is 0 Å². The third-order valence-electron chi connectivity index (χ3n) is 7.27. The Balaban J connectivity index is 1.69. The molecule has 2 bridgehead atoms. The minimum absolute atomic E-state index is 0.0992. The Morgan fingerprint density at radius 3 is 2.55 bits per heavy atom. The molecule has 176 valence electrons. The molecule has 3 heterocycles. The molecule has 0 N–H and O–H groups in total. The van der Waals surface area contributed by atoms with Gasteiger partial charge in [-0.25, -0.2) is 8.42 Å². The maximum absolute atomic E-state index is 14.0. The minimum Gasteiger partial charge on any atom is -0.497 e. The highest BCUT2D eigenvalue weighted by molar-refractivity contribution is 7.89. The molecular weight excluding hydrogens is 440 g/mol. The fourth-order valence-corrected chi connectivity index (χ4v) is 7.75. The molecule has 3 atom stereocenters. The molecule has 0 saturated carbocycles. The van der Waals surface area contributed by atoms with Gasteiger partial charge >= 0.3 is 0 Å². The Morgan fingerprint density at radius 2 is 1.82 bits per heavy atom. The first-order chi connectivity index (χ1) is 15.9. The summed E-state index contributed by atoms with van der Waals surface area (Å²) in [5, 5.41) is 0. The van der Waals surface area contributed by atoms with Crippen LogP contribution in [-0.4, -0.2) is 56.4 Å². The van der Waals surface area contributed by atoms with E-state index < -0.39 is 16.1 Å². The number of rotatable bonds is 4. The Morgan fingerprint density at radius 1 is 1.03 bits per heavy atom. The lowest BCUT2D eigenvalue weighted by molar-refractivity contribution is -0.146. The predicted molar refractivity (Wildman–Crippen MR) is 124 cm³/mol. The highest BCUT2D eigenvalue weighted by Crippen LogP contribution is 2.49. The van der Waals surface area contributed by atoms with Gasteiger partial charge in [0, 0.05) is 18.2 Å². The lowest BCUT2D eigenvalue weighted by Gasteiger charge is -2.52. The van der Waals surface area contributed by atoms with Crippen molar-refractivity contribution in [2.24, 2.45) is 0 Å². The fourth-order valence-electron chi connectivity index (χ4n) is 5.81. The van der Waals surface area contributed by atoms with Crippen LogP contribution in [0.5, 0.6) is 11.5 Å². The quantitative estimate of drug-likeness (QED) is 0.684. The number of hydrogen-bond acceptors (Lipinski definition) is 5. The van der Waals surface area contributed by atoms with Crippen molar-refractivity contribution in [1.82, 2.24) is 9.21 Å². The van der Waals surface area contributed by atoms with Gasteiger partial charge in [0.2, 0.25) is 15.9 Å². The molecule has 1 amide bonds. The Kier molecular flexibility index (Phi) is 5.61. The zero-order chi connectivity index (χ0) is 23.3. The van der Waals surface area contributed by atoms with Gasteiger partial charge in [-0.3, -0.25) is 4.79 Å². The van der Waals surface area contributed by atoms with Crippen LogP contribution >= 0.6 is 0 Å². The van der Waals surface area contributed by atoms with Crippen molar-refractivity contribution in [3.63, 3.8) is 0 Å². The zero-order valence-electron chi connectivity index (χ0n) is 19.3. The zero-order valence-corrected chi connectivity index (χ0v) is 20.1. The van der Waals surface area contributed by atoms with Gasteiger partial charge in [-0.1, -0.05) is 25.0 Å². The first-order valence-corrected chi connectivity index (χ1v) is 13.0. The van der Waals surface area contributed by atoms with Crippen molar-refractivity contribution in [1.29, 1.82) is 0 Å². The van der Waals surface area contributed by atoms with E-state index >= 15 is 0 Å². The van der Waals surface area contributed by atoms with E-state index in [9.17, 15) is 13.2 Å². The highest BCUT2D eigenvalue weighted by Gasteiger charge is 2.54. The first-order valence-electron chi connectivity index (χ1n) is 11.5. The number of aryl methyl sites for hydroxylation is 1. The molecule has 5 rings (SSSR count). The maximum Gasteiger partial charge on any atom is 0.244 e. The van der Waals surface area contributed by atoms with Gasteiger partial charge in [0.15, 0.2) is 0 Å². The number of amides is 1. The average molecular weight is 471 g/mol. The number of nitrogens with zero attached hydrogens (tertiary/aromatic N) is 2. The van der Waals surface area contributed by atoms with E-state index in [1.807, 2.05) is 30.0 Å². The van der Waals surface area contributed by atoms with Gasteiger partial charge in [0.25, 0.3) is 0 Å². The van der Waals surface area contributed by atoms with Crippen LogP contribution in [0.3, 0.4) is 0 Å². The Bertz CT molecular complexity index is 1180. The summed E-state index contributed by atoms with van der Waals surface area (Å²) in [6.07, 6.45) is 3.66. The van der Waals surface area contributed by atoms with Crippen molar-refractivity contribution in [3.05, 3.63) is 53.1 Å². The second-order valence-electron chi connectivity index (χ2n) is 9.15. The SMILES string of the molecule is COc1cc2c(c(OC)c1)[C@@H]1[C@H]3CCCCC(C(=O)N1CC2)N3S(=O)(=O)c1cccc(C)c1. The molecule has 1 unspecified atom stereocenters. The number of fused-ring (bicyclic) bond motifs is 6. The van der Waals surface area contributed by atoms with Gasteiger partial charge in [0.1, 0.15) is 17.5 Å². The van der Waals surface area contributed by atoms with Gasteiger partial charge in [-0.15, -0.1) is 0 Å². The molecule has 8 heteroatoms. The second-order valence-corrected chi connectivity index (χ2v) is 11.0. The summed E-state index contributed by atoms with van der Waals surface area (Å²) < 4.78 is 40.7. The molecule has 2 saturated heterocycles. The summed E-state index contributed by atoms with van der Waals surface area (Å²) >= 11 is 0. The Labute approximate surface area is 195 Å². The van der Waals surface area contributed by atoms with Gasteiger partial charge in [-0.2, -0.15) is 4.31 Å². The summed E-state index contributed by atoms with van der Waals surface area (Å²) in [6, 6.07) is 9.39. The van der Waals surface area contributed by atoms with Crippen LogP contribution in [0, 0.1) is 6.92 Å². The maximum atomic E-state index is 14.0. The normalized spacial score (nSPS) is 25.1. The lowest BCUT2D eigenvalue weighted by Crippen LogP contribution is -2.64. The standard InChI is InChI=1S/C25H30N2O5S/c1-16-7-6-8-19(13-16)33(29,30)27-20-9-4-5-10-21(27)25(28)26-12-11-17-14-18(31-2)15-22(32-3)23(17)24(20)26/h6-8,13-15,20-21,24H,4-5,9-12H2,1-3H3/t20-,21?,24+/m1/s1. The van der Waals surface area contributed by atoms with Crippen LogP contribution in [-0.2, 0) is 21.2 Å². The number of methoxy groups -OCH3 is 2. The number of piperazine rings is 1. The van der Waals surface area contributed by atoms with Gasteiger partial charge in [-0.05, 0) is 55.5 Å². The van der Waals surface area contributed by atoms with Crippen LogP contribution in [0.2, 0.25) is 0 Å². The molecule has 7 nitrogen and oxygen atoms in total. The van der Waals surface area contributed by atoms with E-state index in [2.05, 4.69) is 0 Å². The summed E-state index contributed by atoms with van der Waals surface area (Å²) in [6.45, 7) is 2.45. The van der Waals surface area contributed by atoms with Gasteiger partial charge < -0.3 is 14.4 Å². The largest absolute Gasteiger partial charge is 0.497 e. The molecule has 2 aromatic carbocycles. The number of carbonyl (C=O) groups excluding carboxylic acids is 1. The molecule has 0 spiro atoms. The molecule has 3 aliphatic rings. The third-order valence-corrected chi connectivity index (χ3v) is 9.20. The minimum atomic E-state index is -3.87. The molecule has 3 aliphatic heterocycles. The van der Waals surface area contributed by atoms with E-state index in [4.69, 9.17) is 9.47 Å². The Hall–Kier alpha value is -2.58. The lowest BCUT2D eigenvalue weighted by atomic mass is 9.83. The van der Waals surface area contributed by atoms with E-state index in [-0.39, 0.29) is 22.9 Å². The number of sulfonamides is 1. The second kappa shape index (κ2) is 8.33. The number of benzene rings is 2. The number of hydrogen-bond donors (Lipinski definition) is 0. The van der Waals surface area contributed by atoms with Crippen LogP contribution in [0.15, 0.2) is 41.3 Å². The van der Waals surface area contributed by atoms with Crippen molar-refractivity contribution in [2.75, 3.05) is 20.8 Å². The highest BCUT2D eigenvalue weighted by atomic mass is 32.2. The molecule has 0 aromatic heterocycles. The molecule has 2 aromatic rings. The third kappa shape index (κ3) is 3.51. The van der Waals surface area contributed by atoms with Crippen molar-refractivity contribution >= 4 is 15.9 Å². The monoisotopic (exact) mass is 470 g/mol. The van der Waals surface area contributed by atoms with E-state index in [1.54, 1.807) is 32.4 Å². The molecule has 33 heavy (non-hydrogen) atoms. The first kappa shape index (κ1) is 22.2. The van der Waals surface area contributed by atoms with Crippen molar-refractivity contribution < 1.29 is 22.7 Å². The number of carbonyl (C=O) groups is 1. The van der Waals surface area contributed by atoms with E-state index in [1.165, 1.54) is 4.31 Å². The van der Waals surface area contributed by atoms with Crippen LogP contribution in [0.1, 0.15) is 48.4 Å². The molecule has 0 aliphatic carbocycles. The van der Waals surface area contributed by atoms with Crippen molar-refractivity contribution in [2.45, 2.75) is 62.0 Å². The molecule has 2 fully saturated rings. The topological polar surface area (TPSA) is 76.2 Å². The fraction of sp³-hybridized carbons (Fsp3) is 0.480. The summed E-state index contributed by atoms with van der Waals surface area (Å²) in [5.41, 5.74) is 2.84. The van der Waals surface area contributed by atoms with Crippen LogP contribution < -0.4 is 9.47 Å². The molecule has 0 radical (unpaired) electrons. The smallest absolute Gasteiger partial charge is 0.244 e. The van der Waals surface area contributed by atoms with E-state index in [0.717, 1.165) is 29.5 Å². The summed E-state index contributed by atoms with van der Waals surface area (Å²) in [7, 11) is -0.641. The molecular formula is C25H30N2O5S. The van der Waals surface area contributed by atoms with Gasteiger partial charge in [0.05, 0.1) is 31.2 Å². The van der Waals surface area contributed by atoms with Crippen LogP contribution in [0.4, 0.5) is 0 Å². The van der Waals surface area contributed by atoms with E-state index in [0.29, 0.717) is 37.3 Å². The van der Waals surface area contributed by atoms with Crippen molar-refractivity contribution in [3.8, 4) is 11.5 Å². The summed E-state index contributed by atoms with van der Waals surface area (Å²) in [4.78, 5) is 15.9. The predicted octanol–water partition coefficient (Wildman–Crippen LogP) is 3.45. The summed E-state index contributed by atoms with van der Waals surface area (Å²) in [5.74, 6) is 1.24. The average Bonchev–Trinajstić information content (AvgIpc) is 3.01.